The van der Waals surface area contributed by atoms with Crippen LogP contribution in [0.15, 0.2) is 65.3 Å². The highest BCUT2D eigenvalue weighted by atomic mass is 35.5. The number of amides is 1. The summed E-state index contributed by atoms with van der Waals surface area (Å²) < 4.78 is 34.3. The number of carbonyl (C=O) groups is 1. The Morgan fingerprint density at radius 1 is 1.18 bits per heavy atom. The molecule has 1 fully saturated rings. The number of aromatic nitrogens is 2. The van der Waals surface area contributed by atoms with E-state index in [0.717, 1.165) is 55.9 Å². The predicted octanol–water partition coefficient (Wildman–Crippen LogP) is 6.75. The second-order valence-electron chi connectivity index (χ2n) is 14.0. The molecule has 1 saturated carbocycles. The smallest absolute Gasteiger partial charge is 0.286 e. The van der Waals surface area contributed by atoms with E-state index in [-0.39, 0.29) is 34.7 Å². The number of carbonyl (C=O) groups excluding carboxylic acids is 1. The molecule has 3 aromatic rings. The van der Waals surface area contributed by atoms with Crippen molar-refractivity contribution in [3.05, 3.63) is 88.2 Å². The maximum absolute atomic E-state index is 14.4. The van der Waals surface area contributed by atoms with Crippen molar-refractivity contribution in [3.8, 4) is 11.8 Å². The highest BCUT2D eigenvalue weighted by molar-refractivity contribution is 7.95. The first kappa shape index (κ1) is 33.5. The number of nitrogens with zero attached hydrogens (tertiary/aromatic N) is 5. The second kappa shape index (κ2) is 13.7. The number of halogens is 1. The molecule has 2 aliphatic carbocycles. The molecule has 12 heteroatoms. The number of fused-ring (bicyclic) bond motifs is 4. The average molecular weight is 701 g/mol. The van der Waals surface area contributed by atoms with Crippen LogP contribution in [0.3, 0.4) is 0 Å². The van der Waals surface area contributed by atoms with Gasteiger partial charge < -0.3 is 14.4 Å². The summed E-state index contributed by atoms with van der Waals surface area (Å²) in [5.41, 5.74) is 3.74. The number of hydrogen-bond donors (Lipinski definition) is 1. The van der Waals surface area contributed by atoms with E-state index in [0.29, 0.717) is 36.2 Å². The molecular formula is C37H41ClN6O4S. The van der Waals surface area contributed by atoms with E-state index >= 15 is 0 Å². The van der Waals surface area contributed by atoms with Crippen LogP contribution in [-0.2, 0) is 26.5 Å². The van der Waals surface area contributed by atoms with Crippen LogP contribution in [0.4, 0.5) is 11.6 Å². The first-order valence-electron chi connectivity index (χ1n) is 17.0. The van der Waals surface area contributed by atoms with Crippen molar-refractivity contribution < 1.29 is 18.5 Å². The van der Waals surface area contributed by atoms with Crippen molar-refractivity contribution in [2.45, 2.75) is 57.0 Å². The summed E-state index contributed by atoms with van der Waals surface area (Å²) >= 11 is 6.45. The van der Waals surface area contributed by atoms with Gasteiger partial charge in [0, 0.05) is 36.2 Å². The number of nitriles is 1. The number of benzene rings is 2. The lowest BCUT2D eigenvalue weighted by molar-refractivity contribution is 0.0131. The first-order chi connectivity index (χ1) is 23.7. The number of allylic oxidation sites excluding steroid dienone is 1. The van der Waals surface area contributed by atoms with Gasteiger partial charge in [-0.1, -0.05) is 36.7 Å². The van der Waals surface area contributed by atoms with E-state index in [1.165, 1.54) is 23.5 Å². The molecule has 1 amide bonds. The minimum absolute atomic E-state index is 0.0361. The third-order valence-electron chi connectivity index (χ3n) is 10.5. The Morgan fingerprint density at radius 3 is 2.78 bits per heavy atom. The van der Waals surface area contributed by atoms with Crippen molar-refractivity contribution in [2.24, 2.45) is 22.1 Å². The van der Waals surface area contributed by atoms with E-state index in [4.69, 9.17) is 26.3 Å². The molecule has 49 heavy (non-hydrogen) atoms. The first-order valence-corrected chi connectivity index (χ1v) is 19.0. The van der Waals surface area contributed by atoms with Gasteiger partial charge in [-0.25, -0.2) is 14.2 Å². The lowest BCUT2D eigenvalue weighted by Gasteiger charge is -2.46. The van der Waals surface area contributed by atoms with Crippen molar-refractivity contribution in [2.75, 3.05) is 42.2 Å². The summed E-state index contributed by atoms with van der Waals surface area (Å²) in [6.45, 7) is 4.01. The van der Waals surface area contributed by atoms with Gasteiger partial charge in [-0.15, -0.1) is 4.36 Å². The van der Waals surface area contributed by atoms with Gasteiger partial charge in [-0.05, 0) is 97.7 Å². The summed E-state index contributed by atoms with van der Waals surface area (Å²) in [6.07, 6.45) is 12.7. The highest BCUT2D eigenvalue weighted by Gasteiger charge is 2.44. The Hall–Kier alpha value is -3.98. The van der Waals surface area contributed by atoms with Crippen LogP contribution < -0.4 is 14.4 Å². The Morgan fingerprint density at radius 2 is 2.02 bits per heavy atom. The molecule has 2 aliphatic heterocycles. The zero-order valence-corrected chi connectivity index (χ0v) is 29.4. The molecule has 6 atom stereocenters. The monoisotopic (exact) mass is 700 g/mol. The Bertz CT molecular complexity index is 1940. The molecule has 256 valence electrons. The third-order valence-corrected chi connectivity index (χ3v) is 12.8. The molecule has 1 aromatic heterocycles. The molecule has 1 spiro atoms. The van der Waals surface area contributed by atoms with Crippen molar-refractivity contribution in [1.82, 2.24) is 9.97 Å². The number of anilines is 2. The highest BCUT2D eigenvalue weighted by Crippen LogP contribution is 2.47. The number of methoxy groups -OCH3 is 1. The molecule has 10 nitrogen and oxygen atoms in total. The van der Waals surface area contributed by atoms with E-state index < -0.39 is 15.8 Å². The zero-order valence-electron chi connectivity index (χ0n) is 27.8. The van der Waals surface area contributed by atoms with Gasteiger partial charge in [0.05, 0.1) is 42.1 Å². The minimum Gasteiger partial charge on any atom is -0.490 e. The average Bonchev–Trinajstić information content (AvgIpc) is 3.22. The topological polar surface area (TPSA) is 130 Å². The van der Waals surface area contributed by atoms with Gasteiger partial charge in [-0.3, -0.25) is 9.52 Å². The third kappa shape index (κ3) is 6.91. The van der Waals surface area contributed by atoms with E-state index in [9.17, 15) is 9.00 Å². The van der Waals surface area contributed by atoms with Crippen molar-refractivity contribution >= 4 is 39.1 Å². The maximum Gasteiger partial charge on any atom is 0.286 e. The maximum atomic E-state index is 14.4. The fraction of sp³-hybridized carbons (Fsp3) is 0.459. The van der Waals surface area contributed by atoms with Gasteiger partial charge in [-0.2, -0.15) is 5.26 Å². The fourth-order valence-electron chi connectivity index (χ4n) is 7.95. The van der Waals surface area contributed by atoms with Crippen LogP contribution in [-0.4, -0.2) is 58.7 Å². The summed E-state index contributed by atoms with van der Waals surface area (Å²) in [4.78, 5) is 24.6. The number of aryl methyl sites for hydroxylation is 1. The van der Waals surface area contributed by atoms with Gasteiger partial charge >= 0.3 is 0 Å². The molecule has 1 unspecified atom stereocenters. The number of hydrogen-bond acceptors (Lipinski definition) is 8. The number of nitrogens with one attached hydrogen (secondary N) is 1. The lowest BCUT2D eigenvalue weighted by Crippen LogP contribution is -2.49. The van der Waals surface area contributed by atoms with Crippen molar-refractivity contribution in [3.63, 3.8) is 0 Å². The van der Waals surface area contributed by atoms with Gasteiger partial charge in [0.2, 0.25) is 5.95 Å². The van der Waals surface area contributed by atoms with E-state index in [1.807, 2.05) is 31.2 Å². The molecule has 0 radical (unpaired) electrons. The lowest BCUT2D eigenvalue weighted by atomic mass is 9.68. The second-order valence-corrected chi connectivity index (χ2v) is 16.4. The molecule has 2 aromatic carbocycles. The van der Waals surface area contributed by atoms with Crippen molar-refractivity contribution in [1.29, 1.82) is 5.26 Å². The Kier molecular flexibility index (Phi) is 9.39. The van der Waals surface area contributed by atoms with E-state index in [2.05, 4.69) is 48.2 Å². The van der Waals surface area contributed by atoms with Crippen LogP contribution in [0.5, 0.6) is 5.75 Å². The van der Waals surface area contributed by atoms with Gasteiger partial charge in [0.25, 0.3) is 5.91 Å². The minimum atomic E-state index is -3.37. The summed E-state index contributed by atoms with van der Waals surface area (Å²) in [6, 6.07) is 13.6. The van der Waals surface area contributed by atoms with Crippen LogP contribution >= 0.6 is 11.6 Å². The zero-order chi connectivity index (χ0) is 34.2. The molecule has 0 saturated heterocycles. The molecule has 7 rings (SSSR count). The normalized spacial score (nSPS) is 30.3. The number of ether oxygens (including phenoxy) is 2. The molecule has 3 heterocycles. The SMILES string of the molecule is CO[C@H]1/C=C/C[C@H](C)CS(=O)(Nc2ncc(C#N)cn2)=NC(=O)c2ccc3c(c2)N(C[C@@H]2CC[C@H]21)C[C@@]1(CCCc2cc(Cl)ccc21)CO3. The molecular weight excluding hydrogens is 660 g/mol. The Labute approximate surface area is 293 Å². The Balaban J connectivity index is 1.31. The van der Waals surface area contributed by atoms with Crippen LogP contribution in [0.25, 0.3) is 0 Å². The molecule has 2 bridgehead atoms. The van der Waals surface area contributed by atoms with Crippen LogP contribution in [0, 0.1) is 29.1 Å². The largest absolute Gasteiger partial charge is 0.490 e. The predicted molar refractivity (Wildman–Crippen MR) is 190 cm³/mol. The van der Waals surface area contributed by atoms with E-state index in [1.54, 1.807) is 13.2 Å². The molecule has 1 N–H and O–H groups in total. The van der Waals surface area contributed by atoms with Gasteiger partial charge in [0.1, 0.15) is 21.7 Å². The van der Waals surface area contributed by atoms with Gasteiger partial charge in [0.15, 0.2) is 0 Å². The molecule has 4 aliphatic rings. The number of rotatable bonds is 3. The summed E-state index contributed by atoms with van der Waals surface area (Å²) in [5, 5.41) is 9.91. The standard InChI is InChI=1S/C37H41ClN6O4S/c1-24-5-3-7-33(47-2)30-11-8-28(30)20-44-22-37(14-4-6-26-15-29(38)10-12-31(26)37)23-48-34-13-9-27(16-32(34)44)35(45)42-49(46,21-24)43-36-40-18-25(17-39)19-41-36/h3,7,9-10,12-13,15-16,18-19,24,28,30,33H,4-6,8,11,14,20-23H2,1-2H3,(H,40,41,42,43,45,46)/b7-3+/t24-,28-,30+,33-,37-,49?/m0/s1. The van der Waals surface area contributed by atoms with Crippen LogP contribution in [0.1, 0.15) is 66.1 Å². The van der Waals surface area contributed by atoms with Crippen LogP contribution in [0.2, 0.25) is 5.02 Å². The summed E-state index contributed by atoms with van der Waals surface area (Å²) in [7, 11) is -1.60. The quantitative estimate of drug-likeness (QED) is 0.297. The summed E-state index contributed by atoms with van der Waals surface area (Å²) in [5.74, 6) is 0.903. The fourth-order valence-corrected chi connectivity index (χ4v) is 10.0.